The lowest BCUT2D eigenvalue weighted by Crippen LogP contribution is -2.30. The second-order valence-corrected chi connectivity index (χ2v) is 6.64. The fourth-order valence-corrected chi connectivity index (χ4v) is 2.34. The molecule has 1 saturated carbocycles. The number of anilines is 2. The Morgan fingerprint density at radius 1 is 1.26 bits per heavy atom. The highest BCUT2D eigenvalue weighted by Crippen LogP contribution is 2.45. The van der Waals surface area contributed by atoms with E-state index in [1.54, 1.807) is 24.3 Å². The number of carbonyl (C=O) groups excluding carboxylic acids is 1. The molecule has 0 spiro atoms. The fraction of sp³-hybridized carbons (Fsp3) is 0.417. The predicted molar refractivity (Wildman–Crippen MR) is 74.3 cm³/mol. The van der Waals surface area contributed by atoms with E-state index in [-0.39, 0.29) is 5.91 Å². The first-order valence-electron chi connectivity index (χ1n) is 5.94. The Kier molecular flexibility index (Phi) is 3.51. The van der Waals surface area contributed by atoms with Gasteiger partial charge in [-0.05, 0) is 37.1 Å². The van der Waals surface area contributed by atoms with Gasteiger partial charge in [0.15, 0.2) is 0 Å². The van der Waals surface area contributed by atoms with Gasteiger partial charge >= 0.3 is 0 Å². The molecule has 0 atom stereocenters. The molecule has 0 saturated heterocycles. The molecule has 104 valence electrons. The van der Waals surface area contributed by atoms with Crippen LogP contribution < -0.4 is 15.8 Å². The van der Waals surface area contributed by atoms with Gasteiger partial charge in [0.2, 0.25) is 15.9 Å². The van der Waals surface area contributed by atoms with Crippen LogP contribution in [0.5, 0.6) is 0 Å². The summed E-state index contributed by atoms with van der Waals surface area (Å²) in [4.78, 5) is 11.9. The molecular weight excluding hydrogens is 266 g/mol. The summed E-state index contributed by atoms with van der Waals surface area (Å²) >= 11 is 0. The van der Waals surface area contributed by atoms with Crippen molar-refractivity contribution in [3.63, 3.8) is 0 Å². The molecule has 4 N–H and O–H groups in total. The Morgan fingerprint density at radius 3 is 2.21 bits per heavy atom. The number of amides is 1. The van der Waals surface area contributed by atoms with E-state index in [1.165, 1.54) is 0 Å². The van der Waals surface area contributed by atoms with Crippen LogP contribution in [0.3, 0.4) is 0 Å². The molecule has 6 nitrogen and oxygen atoms in total. The quantitative estimate of drug-likeness (QED) is 0.741. The highest BCUT2D eigenvalue weighted by molar-refractivity contribution is 7.92. The zero-order valence-electron chi connectivity index (χ0n) is 10.6. The van der Waals surface area contributed by atoms with Gasteiger partial charge in [-0.15, -0.1) is 0 Å². The highest BCUT2D eigenvalue weighted by Gasteiger charge is 2.48. The van der Waals surface area contributed by atoms with Crippen molar-refractivity contribution in [2.24, 2.45) is 11.1 Å². The van der Waals surface area contributed by atoms with Gasteiger partial charge in [-0.3, -0.25) is 9.52 Å². The summed E-state index contributed by atoms with van der Waals surface area (Å²) in [5.74, 6) is -0.0705. The zero-order valence-corrected chi connectivity index (χ0v) is 11.5. The summed E-state index contributed by atoms with van der Waals surface area (Å²) < 4.78 is 24.4. The van der Waals surface area contributed by atoms with Crippen LogP contribution in [0, 0.1) is 5.41 Å². The molecule has 0 radical (unpaired) electrons. The maximum atomic E-state index is 11.9. The van der Waals surface area contributed by atoms with E-state index in [1.807, 2.05) is 0 Å². The SMILES string of the molecule is CS(=O)(=O)Nc1ccc(NC(=O)C2(CN)CC2)cc1. The Balaban J connectivity index is 2.01. The topological polar surface area (TPSA) is 101 Å². The second-order valence-electron chi connectivity index (χ2n) is 4.89. The number of hydrogen-bond donors (Lipinski definition) is 3. The summed E-state index contributed by atoms with van der Waals surface area (Å²) in [6.07, 6.45) is 2.73. The van der Waals surface area contributed by atoms with Gasteiger partial charge in [-0.2, -0.15) is 0 Å². The first kappa shape index (κ1) is 13.8. The minimum Gasteiger partial charge on any atom is -0.329 e. The summed E-state index contributed by atoms with van der Waals surface area (Å²) in [5.41, 5.74) is 6.27. The minimum atomic E-state index is -3.28. The number of benzene rings is 1. The molecule has 7 heteroatoms. The van der Waals surface area contributed by atoms with Crippen LogP contribution in [-0.2, 0) is 14.8 Å². The normalized spacial score (nSPS) is 16.7. The molecule has 2 rings (SSSR count). The van der Waals surface area contributed by atoms with Crippen molar-refractivity contribution in [3.05, 3.63) is 24.3 Å². The Hall–Kier alpha value is -1.60. The lowest BCUT2D eigenvalue weighted by atomic mass is 10.1. The van der Waals surface area contributed by atoms with Gasteiger partial charge in [-0.25, -0.2) is 8.42 Å². The molecular formula is C12H17N3O3S. The highest BCUT2D eigenvalue weighted by atomic mass is 32.2. The van der Waals surface area contributed by atoms with E-state index in [0.29, 0.717) is 17.9 Å². The molecule has 1 aliphatic carbocycles. The molecule has 0 aromatic heterocycles. The summed E-state index contributed by atoms with van der Waals surface area (Å²) in [6, 6.07) is 6.49. The second kappa shape index (κ2) is 4.82. The fourth-order valence-electron chi connectivity index (χ4n) is 1.77. The van der Waals surface area contributed by atoms with E-state index < -0.39 is 15.4 Å². The van der Waals surface area contributed by atoms with Crippen molar-refractivity contribution in [1.29, 1.82) is 0 Å². The van der Waals surface area contributed by atoms with Crippen LogP contribution in [-0.4, -0.2) is 27.1 Å². The van der Waals surface area contributed by atoms with Crippen LogP contribution in [0.2, 0.25) is 0 Å². The maximum Gasteiger partial charge on any atom is 0.231 e. The van der Waals surface area contributed by atoms with E-state index >= 15 is 0 Å². The Morgan fingerprint density at radius 2 is 1.79 bits per heavy atom. The third-order valence-electron chi connectivity index (χ3n) is 3.17. The van der Waals surface area contributed by atoms with Gasteiger partial charge in [0.1, 0.15) is 0 Å². The van der Waals surface area contributed by atoms with Gasteiger partial charge in [0.25, 0.3) is 0 Å². The molecule has 1 fully saturated rings. The van der Waals surface area contributed by atoms with Crippen LogP contribution >= 0.6 is 0 Å². The molecule has 0 unspecified atom stereocenters. The lowest BCUT2D eigenvalue weighted by molar-refractivity contribution is -0.120. The number of sulfonamides is 1. The number of hydrogen-bond acceptors (Lipinski definition) is 4. The summed E-state index contributed by atoms with van der Waals surface area (Å²) in [6.45, 7) is 0.354. The molecule has 1 amide bonds. The number of nitrogens with two attached hydrogens (primary N) is 1. The van der Waals surface area contributed by atoms with E-state index in [0.717, 1.165) is 19.1 Å². The molecule has 19 heavy (non-hydrogen) atoms. The summed E-state index contributed by atoms with van der Waals surface area (Å²) in [7, 11) is -3.28. The molecule has 1 aromatic carbocycles. The van der Waals surface area contributed by atoms with E-state index in [4.69, 9.17) is 5.73 Å². The molecule has 0 heterocycles. The van der Waals surface area contributed by atoms with Gasteiger partial charge in [0.05, 0.1) is 11.7 Å². The van der Waals surface area contributed by atoms with E-state index in [9.17, 15) is 13.2 Å². The van der Waals surface area contributed by atoms with Crippen LogP contribution in [0.4, 0.5) is 11.4 Å². The minimum absolute atomic E-state index is 0.0705. The zero-order chi connectivity index (χ0) is 14.1. The van der Waals surface area contributed by atoms with Crippen molar-refractivity contribution >= 4 is 27.3 Å². The van der Waals surface area contributed by atoms with Crippen LogP contribution in [0.25, 0.3) is 0 Å². The molecule has 0 aliphatic heterocycles. The smallest absolute Gasteiger partial charge is 0.231 e. The van der Waals surface area contributed by atoms with Gasteiger partial charge in [-0.1, -0.05) is 0 Å². The average molecular weight is 283 g/mol. The lowest BCUT2D eigenvalue weighted by Gasteiger charge is -2.13. The standard InChI is InChI=1S/C12H17N3O3S/c1-19(17,18)15-10-4-2-9(3-5-10)14-11(16)12(8-13)6-7-12/h2-5,15H,6-8,13H2,1H3,(H,14,16). The molecule has 0 bridgehead atoms. The first-order chi connectivity index (χ1) is 8.85. The van der Waals surface area contributed by atoms with Crippen molar-refractivity contribution < 1.29 is 13.2 Å². The Bertz CT molecular complexity index is 577. The van der Waals surface area contributed by atoms with Crippen molar-refractivity contribution in [3.8, 4) is 0 Å². The molecule has 1 aliphatic rings. The average Bonchev–Trinajstić information content (AvgIpc) is 3.10. The van der Waals surface area contributed by atoms with Crippen LogP contribution in [0.15, 0.2) is 24.3 Å². The summed E-state index contributed by atoms with van der Waals surface area (Å²) in [5, 5.41) is 2.79. The van der Waals surface area contributed by atoms with Crippen molar-refractivity contribution in [2.45, 2.75) is 12.8 Å². The third-order valence-corrected chi connectivity index (χ3v) is 3.78. The number of rotatable bonds is 5. The molecule has 1 aromatic rings. The first-order valence-corrected chi connectivity index (χ1v) is 7.83. The van der Waals surface area contributed by atoms with Crippen molar-refractivity contribution in [2.75, 3.05) is 22.8 Å². The van der Waals surface area contributed by atoms with Gasteiger partial charge in [0, 0.05) is 17.9 Å². The number of nitrogens with one attached hydrogen (secondary N) is 2. The van der Waals surface area contributed by atoms with Crippen molar-refractivity contribution in [1.82, 2.24) is 0 Å². The predicted octanol–water partition coefficient (Wildman–Crippen LogP) is 0.735. The van der Waals surface area contributed by atoms with E-state index in [2.05, 4.69) is 10.0 Å². The maximum absolute atomic E-state index is 11.9. The Labute approximate surface area is 112 Å². The van der Waals surface area contributed by atoms with Crippen LogP contribution in [0.1, 0.15) is 12.8 Å². The third kappa shape index (κ3) is 3.45. The largest absolute Gasteiger partial charge is 0.329 e. The van der Waals surface area contributed by atoms with Gasteiger partial charge < -0.3 is 11.1 Å². The number of carbonyl (C=O) groups is 1. The monoisotopic (exact) mass is 283 g/mol.